The number of nitrogens with zero attached hydrogens (tertiary/aromatic N) is 1. The monoisotopic (exact) mass is 450 g/mol. The minimum absolute atomic E-state index is 0.0137. The number of hydrogen-bond donors (Lipinski definition) is 2. The molecule has 0 saturated carbocycles. The van der Waals surface area contributed by atoms with Gasteiger partial charge >= 0.3 is 5.97 Å². The summed E-state index contributed by atoms with van der Waals surface area (Å²) in [5.74, 6) is -1.30. The summed E-state index contributed by atoms with van der Waals surface area (Å²) in [6.07, 6.45) is 35.8. The third-order valence-corrected chi connectivity index (χ3v) is 4.80. The summed E-state index contributed by atoms with van der Waals surface area (Å²) in [5, 5.41) is 9.10. The molecule has 3 N–H and O–H groups in total. The molecule has 1 unspecified atom stereocenters. The number of carbonyl (C=O) groups excluding carboxylic acids is 1. The molecule has 1 amide bonds. The second-order valence-corrected chi connectivity index (χ2v) is 7.47. The molecule has 0 spiro atoms. The highest BCUT2D eigenvalue weighted by atomic mass is 16.4. The molecule has 1 aliphatic rings. The van der Waals surface area contributed by atoms with Crippen molar-refractivity contribution < 1.29 is 14.7 Å². The van der Waals surface area contributed by atoms with Crippen LogP contribution in [0.15, 0.2) is 96.8 Å². The van der Waals surface area contributed by atoms with Gasteiger partial charge in [-0.1, -0.05) is 79.8 Å². The van der Waals surface area contributed by atoms with Crippen LogP contribution in [0.4, 0.5) is 0 Å². The lowest BCUT2D eigenvalue weighted by molar-refractivity contribution is -0.134. The molecule has 5 heteroatoms. The maximum Gasteiger partial charge on any atom is 0.335 e. The molecule has 0 aliphatic carbocycles. The van der Waals surface area contributed by atoms with Crippen molar-refractivity contribution in [2.75, 3.05) is 0 Å². The summed E-state index contributed by atoms with van der Waals surface area (Å²) in [4.78, 5) is 24.7. The average Bonchev–Trinajstić information content (AvgIpc) is 2.80. The Bertz CT molecular complexity index is 826. The van der Waals surface area contributed by atoms with Gasteiger partial charge in [0.25, 0.3) is 0 Å². The van der Waals surface area contributed by atoms with Crippen LogP contribution < -0.4 is 5.73 Å². The van der Waals surface area contributed by atoms with Crippen LogP contribution in [0.5, 0.6) is 0 Å². The zero-order chi connectivity index (χ0) is 24.2. The van der Waals surface area contributed by atoms with Gasteiger partial charge in [0.1, 0.15) is 6.17 Å². The number of carboxylic acid groups (broad SMARTS) is 1. The number of aliphatic carboxylic acids is 1. The van der Waals surface area contributed by atoms with Crippen LogP contribution in [0, 0.1) is 0 Å². The smallest absolute Gasteiger partial charge is 0.335 e. The van der Waals surface area contributed by atoms with E-state index >= 15 is 0 Å². The molecule has 0 aromatic carbocycles. The first-order valence-electron chi connectivity index (χ1n) is 11.7. The Morgan fingerprint density at radius 1 is 0.848 bits per heavy atom. The molecule has 0 bridgehead atoms. The van der Waals surface area contributed by atoms with Crippen molar-refractivity contribution in [3.63, 3.8) is 0 Å². The van der Waals surface area contributed by atoms with Crippen LogP contribution in [-0.4, -0.2) is 28.0 Å². The van der Waals surface area contributed by atoms with Crippen molar-refractivity contribution in [3.8, 4) is 0 Å². The van der Waals surface area contributed by atoms with E-state index in [2.05, 4.69) is 67.7 Å². The summed E-state index contributed by atoms with van der Waals surface area (Å²) < 4.78 is 0. The Morgan fingerprint density at radius 3 is 1.76 bits per heavy atom. The molecular formula is C28H38N2O3. The predicted octanol–water partition coefficient (Wildman–Crippen LogP) is 6.12. The molecule has 0 fully saturated rings. The summed E-state index contributed by atoms with van der Waals surface area (Å²) in [6.45, 7) is 2.14. The maximum atomic E-state index is 12.3. The fraction of sp³-hybridized carbons (Fsp3) is 0.357. The van der Waals surface area contributed by atoms with Gasteiger partial charge in [0.2, 0.25) is 5.91 Å². The minimum Gasteiger partial charge on any atom is -0.478 e. The predicted molar refractivity (Wildman–Crippen MR) is 137 cm³/mol. The molecular weight excluding hydrogens is 412 g/mol. The molecule has 1 heterocycles. The van der Waals surface area contributed by atoms with E-state index in [4.69, 9.17) is 10.8 Å². The van der Waals surface area contributed by atoms with E-state index in [0.29, 0.717) is 6.42 Å². The molecule has 0 aromatic heterocycles. The molecule has 0 aromatic rings. The largest absolute Gasteiger partial charge is 0.478 e. The molecule has 0 saturated heterocycles. The first-order chi connectivity index (χ1) is 16.1. The van der Waals surface area contributed by atoms with Gasteiger partial charge in [0.15, 0.2) is 0 Å². The number of rotatable bonds is 15. The number of nitrogens with two attached hydrogens (primary N) is 1. The fourth-order valence-corrected chi connectivity index (χ4v) is 2.99. The Labute approximate surface area is 198 Å². The van der Waals surface area contributed by atoms with E-state index in [9.17, 15) is 9.59 Å². The summed E-state index contributed by atoms with van der Waals surface area (Å²) in [5.41, 5.74) is 5.88. The van der Waals surface area contributed by atoms with Gasteiger partial charge in [0, 0.05) is 12.6 Å². The second-order valence-electron chi connectivity index (χ2n) is 7.47. The molecule has 33 heavy (non-hydrogen) atoms. The lowest BCUT2D eigenvalue weighted by atomic mass is 10.1. The molecule has 1 atom stereocenters. The van der Waals surface area contributed by atoms with E-state index in [-0.39, 0.29) is 17.9 Å². The average molecular weight is 451 g/mol. The Hall–Kier alpha value is -3.18. The Balaban J connectivity index is 2.10. The topological polar surface area (TPSA) is 83.6 Å². The van der Waals surface area contributed by atoms with Crippen LogP contribution in [0.25, 0.3) is 0 Å². The van der Waals surface area contributed by atoms with Crippen LogP contribution in [0.2, 0.25) is 0 Å². The quantitative estimate of drug-likeness (QED) is 0.295. The van der Waals surface area contributed by atoms with E-state index in [1.54, 1.807) is 0 Å². The van der Waals surface area contributed by atoms with E-state index in [1.807, 2.05) is 12.2 Å². The summed E-state index contributed by atoms with van der Waals surface area (Å²) >= 11 is 0. The molecule has 1 aliphatic heterocycles. The van der Waals surface area contributed by atoms with Gasteiger partial charge in [0.05, 0.1) is 5.57 Å². The zero-order valence-corrected chi connectivity index (χ0v) is 19.7. The molecule has 178 valence electrons. The maximum absolute atomic E-state index is 12.3. The zero-order valence-electron chi connectivity index (χ0n) is 19.7. The Morgan fingerprint density at radius 2 is 1.30 bits per heavy atom. The van der Waals surface area contributed by atoms with E-state index < -0.39 is 12.1 Å². The Kier molecular flexibility index (Phi) is 15.5. The third kappa shape index (κ3) is 13.1. The fourth-order valence-electron chi connectivity index (χ4n) is 2.99. The van der Waals surface area contributed by atoms with Crippen LogP contribution in [0.1, 0.15) is 58.3 Å². The normalized spacial score (nSPS) is 17.1. The number of amides is 1. The van der Waals surface area contributed by atoms with E-state index in [0.717, 1.165) is 38.5 Å². The second kappa shape index (κ2) is 18.4. The third-order valence-electron chi connectivity index (χ3n) is 4.80. The standard InChI is InChI=1S/C28H38N2O3/c1-2-3-4-5-6-7-8-9-10-11-12-13-14-15-16-17-18-19-20-23-26(31)30-24-21-22-25(27(30)29)28(32)33/h3-4,6-7,9-10,12-13,15-16,18-19,21-22,24,27H,2,5,8,11,14,17,20,23,29H2,1H3,(H,32,33). The van der Waals surface area contributed by atoms with Gasteiger partial charge in [-0.05, 0) is 57.1 Å². The van der Waals surface area contributed by atoms with Crippen molar-refractivity contribution in [3.05, 3.63) is 96.8 Å². The van der Waals surface area contributed by atoms with Crippen molar-refractivity contribution in [1.29, 1.82) is 0 Å². The van der Waals surface area contributed by atoms with E-state index in [1.165, 1.54) is 23.3 Å². The van der Waals surface area contributed by atoms with Gasteiger partial charge in [-0.2, -0.15) is 0 Å². The van der Waals surface area contributed by atoms with Crippen LogP contribution in [-0.2, 0) is 9.59 Å². The van der Waals surface area contributed by atoms with Gasteiger partial charge in [-0.25, -0.2) is 4.79 Å². The molecule has 0 radical (unpaired) electrons. The minimum atomic E-state index is -1.11. The number of carboxylic acids is 1. The summed E-state index contributed by atoms with van der Waals surface area (Å²) in [7, 11) is 0. The van der Waals surface area contributed by atoms with Gasteiger partial charge < -0.3 is 10.8 Å². The van der Waals surface area contributed by atoms with Crippen molar-refractivity contribution in [1.82, 2.24) is 4.90 Å². The van der Waals surface area contributed by atoms with Crippen molar-refractivity contribution >= 4 is 11.9 Å². The molecule has 5 nitrogen and oxygen atoms in total. The first kappa shape index (κ1) is 27.9. The number of hydrogen-bond acceptors (Lipinski definition) is 3. The lowest BCUT2D eigenvalue weighted by Gasteiger charge is -2.28. The summed E-state index contributed by atoms with van der Waals surface area (Å²) in [6, 6.07) is 0. The molecule has 1 rings (SSSR count). The van der Waals surface area contributed by atoms with Crippen LogP contribution in [0.3, 0.4) is 0 Å². The number of allylic oxidation sites excluding steroid dienone is 14. The van der Waals surface area contributed by atoms with Gasteiger partial charge in [-0.15, -0.1) is 0 Å². The highest BCUT2D eigenvalue weighted by Gasteiger charge is 2.26. The highest BCUT2D eigenvalue weighted by molar-refractivity contribution is 5.90. The van der Waals surface area contributed by atoms with Crippen molar-refractivity contribution in [2.45, 2.75) is 64.5 Å². The SMILES string of the molecule is CCC=CCC=CCC=CCC=CCC=CCC=CCCC(=O)N1C=CC=C(C(=O)O)C1N. The number of carbonyl (C=O) groups is 2. The van der Waals surface area contributed by atoms with Crippen molar-refractivity contribution in [2.24, 2.45) is 5.73 Å². The first-order valence-corrected chi connectivity index (χ1v) is 11.7. The highest BCUT2D eigenvalue weighted by Crippen LogP contribution is 2.15. The lowest BCUT2D eigenvalue weighted by Crippen LogP contribution is -2.46. The van der Waals surface area contributed by atoms with Crippen LogP contribution >= 0.6 is 0 Å². The van der Waals surface area contributed by atoms with Gasteiger partial charge in [-0.3, -0.25) is 9.69 Å².